The van der Waals surface area contributed by atoms with Gasteiger partial charge in [0.2, 0.25) is 0 Å². The van der Waals surface area contributed by atoms with E-state index in [1.54, 1.807) is 0 Å². The number of hydrogen-bond donors (Lipinski definition) is 2. The minimum atomic E-state index is -0.779. The predicted molar refractivity (Wildman–Crippen MR) is 82.8 cm³/mol. The number of carbonyl (C=O) groups excluding carboxylic acids is 1. The number of piperidine rings is 1. The lowest BCUT2D eigenvalue weighted by molar-refractivity contribution is 0.139. The molecule has 2 rings (SSSR count). The van der Waals surface area contributed by atoms with E-state index < -0.39 is 17.7 Å². The maximum absolute atomic E-state index is 13.5. The maximum atomic E-state index is 13.5. The molecule has 0 bridgehead atoms. The van der Waals surface area contributed by atoms with Crippen LogP contribution in [0.5, 0.6) is 0 Å². The first-order valence-electron chi connectivity index (χ1n) is 7.69. The normalized spacial score (nSPS) is 19.2. The van der Waals surface area contributed by atoms with Crippen LogP contribution in [0.1, 0.15) is 26.7 Å². The lowest BCUT2D eigenvalue weighted by Gasteiger charge is -2.35. The van der Waals surface area contributed by atoms with Crippen molar-refractivity contribution in [1.29, 1.82) is 0 Å². The van der Waals surface area contributed by atoms with E-state index in [0.717, 1.165) is 38.1 Å². The summed E-state index contributed by atoms with van der Waals surface area (Å²) in [6.07, 6.45) is 2.20. The van der Waals surface area contributed by atoms with Crippen molar-refractivity contribution in [3.8, 4) is 0 Å². The van der Waals surface area contributed by atoms with Crippen LogP contribution in [0, 0.1) is 17.6 Å². The topological polar surface area (TPSA) is 44.4 Å². The van der Waals surface area contributed by atoms with Crippen molar-refractivity contribution in [2.75, 3.05) is 25.0 Å². The highest BCUT2D eigenvalue weighted by molar-refractivity contribution is 5.89. The minimum Gasteiger partial charge on any atom is -0.338 e. The van der Waals surface area contributed by atoms with Gasteiger partial charge >= 0.3 is 6.03 Å². The second-order valence-electron chi connectivity index (χ2n) is 6.06. The molecule has 1 heterocycles. The molecule has 0 saturated carbocycles. The third-order valence-corrected chi connectivity index (χ3v) is 4.01. The molecule has 1 saturated heterocycles. The van der Waals surface area contributed by atoms with Crippen molar-refractivity contribution < 1.29 is 13.6 Å². The summed E-state index contributed by atoms with van der Waals surface area (Å²) in [6, 6.07) is 3.11. The van der Waals surface area contributed by atoms with Gasteiger partial charge in [0.25, 0.3) is 0 Å². The third kappa shape index (κ3) is 4.66. The van der Waals surface area contributed by atoms with E-state index in [4.69, 9.17) is 0 Å². The Bertz CT molecular complexity index is 522. The molecule has 1 aromatic carbocycles. The Labute approximate surface area is 129 Å². The molecule has 1 aromatic rings. The van der Waals surface area contributed by atoms with Gasteiger partial charge in [0, 0.05) is 25.2 Å². The Morgan fingerprint density at radius 3 is 2.86 bits per heavy atom. The fraction of sp³-hybridized carbons (Fsp3) is 0.562. The molecule has 2 N–H and O–H groups in total. The van der Waals surface area contributed by atoms with E-state index in [0.29, 0.717) is 18.5 Å². The molecule has 0 radical (unpaired) electrons. The van der Waals surface area contributed by atoms with Crippen LogP contribution in [-0.4, -0.2) is 36.6 Å². The molecule has 0 spiro atoms. The van der Waals surface area contributed by atoms with Crippen LogP contribution in [-0.2, 0) is 0 Å². The van der Waals surface area contributed by atoms with Crippen molar-refractivity contribution in [3.63, 3.8) is 0 Å². The third-order valence-electron chi connectivity index (χ3n) is 4.01. The van der Waals surface area contributed by atoms with Gasteiger partial charge in [-0.3, -0.25) is 0 Å². The average molecular weight is 311 g/mol. The first-order chi connectivity index (χ1) is 10.5. The van der Waals surface area contributed by atoms with Gasteiger partial charge in [-0.15, -0.1) is 0 Å². The van der Waals surface area contributed by atoms with Gasteiger partial charge in [-0.05, 0) is 51.3 Å². The smallest absolute Gasteiger partial charge is 0.319 e. The molecule has 1 atom stereocenters. The summed E-state index contributed by atoms with van der Waals surface area (Å²) >= 11 is 0. The highest BCUT2D eigenvalue weighted by Gasteiger charge is 2.22. The molecule has 0 aromatic heterocycles. The first kappa shape index (κ1) is 16.7. The van der Waals surface area contributed by atoms with Gasteiger partial charge in [-0.2, -0.15) is 0 Å². The van der Waals surface area contributed by atoms with Gasteiger partial charge in [0.1, 0.15) is 11.6 Å². The van der Waals surface area contributed by atoms with Crippen molar-refractivity contribution in [2.45, 2.75) is 32.7 Å². The number of hydrogen-bond acceptors (Lipinski definition) is 2. The number of halogens is 2. The zero-order valence-electron chi connectivity index (χ0n) is 13.0. The zero-order valence-corrected chi connectivity index (χ0v) is 13.0. The molecular formula is C16H23F2N3O. The Kier molecular flexibility index (Phi) is 5.71. The quantitative estimate of drug-likeness (QED) is 0.897. The summed E-state index contributed by atoms with van der Waals surface area (Å²) in [5, 5.41) is 5.17. The highest BCUT2D eigenvalue weighted by Crippen LogP contribution is 2.18. The molecule has 1 fully saturated rings. The molecule has 4 nitrogen and oxygen atoms in total. The van der Waals surface area contributed by atoms with Crippen molar-refractivity contribution in [1.82, 2.24) is 10.2 Å². The van der Waals surface area contributed by atoms with E-state index >= 15 is 0 Å². The number of carbonyl (C=O) groups is 1. The zero-order chi connectivity index (χ0) is 16.1. The molecule has 122 valence electrons. The maximum Gasteiger partial charge on any atom is 0.319 e. The number of nitrogens with zero attached hydrogens (tertiary/aromatic N) is 1. The second kappa shape index (κ2) is 7.54. The molecule has 0 unspecified atom stereocenters. The Hall–Kier alpha value is -1.69. The Morgan fingerprint density at radius 2 is 2.18 bits per heavy atom. The molecule has 6 heteroatoms. The van der Waals surface area contributed by atoms with Gasteiger partial charge in [-0.25, -0.2) is 13.6 Å². The summed E-state index contributed by atoms with van der Waals surface area (Å²) in [6.45, 7) is 6.95. The van der Waals surface area contributed by atoms with Gasteiger partial charge < -0.3 is 15.5 Å². The Balaban J connectivity index is 1.80. The lowest BCUT2D eigenvalue weighted by atomic mass is 9.97. The number of benzene rings is 1. The van der Waals surface area contributed by atoms with Crippen molar-refractivity contribution in [2.24, 2.45) is 5.92 Å². The van der Waals surface area contributed by atoms with Crippen LogP contribution >= 0.6 is 0 Å². The summed E-state index contributed by atoms with van der Waals surface area (Å²) in [5.74, 6) is -1.04. The van der Waals surface area contributed by atoms with Crippen LogP contribution in [0.4, 0.5) is 19.3 Å². The highest BCUT2D eigenvalue weighted by atomic mass is 19.1. The molecule has 1 aliphatic heterocycles. The van der Waals surface area contributed by atoms with Gasteiger partial charge in [0.05, 0.1) is 5.69 Å². The van der Waals surface area contributed by atoms with Crippen LogP contribution in [0.2, 0.25) is 0 Å². The number of rotatable bonds is 4. The fourth-order valence-electron chi connectivity index (χ4n) is 2.73. The van der Waals surface area contributed by atoms with E-state index in [2.05, 4.69) is 29.4 Å². The molecule has 2 amide bonds. The monoisotopic (exact) mass is 311 g/mol. The van der Waals surface area contributed by atoms with Crippen molar-refractivity contribution in [3.05, 3.63) is 29.8 Å². The number of amides is 2. The number of anilines is 1. The van der Waals surface area contributed by atoms with E-state index in [-0.39, 0.29) is 5.69 Å². The van der Waals surface area contributed by atoms with Crippen molar-refractivity contribution >= 4 is 11.7 Å². The fourth-order valence-corrected chi connectivity index (χ4v) is 2.73. The van der Waals surface area contributed by atoms with Crippen LogP contribution in [0.15, 0.2) is 18.2 Å². The summed E-state index contributed by atoms with van der Waals surface area (Å²) in [4.78, 5) is 14.2. The summed E-state index contributed by atoms with van der Waals surface area (Å²) in [5.41, 5.74) is -0.0219. The lowest BCUT2D eigenvalue weighted by Crippen LogP contribution is -2.44. The molecular weight excluding hydrogens is 288 g/mol. The average Bonchev–Trinajstić information content (AvgIpc) is 2.48. The SMILES string of the molecule is CC(C)N1CCC[C@H](CNC(=O)Nc2ccc(F)cc2F)C1. The number of urea groups is 1. The Morgan fingerprint density at radius 1 is 1.41 bits per heavy atom. The van der Waals surface area contributed by atoms with Crippen LogP contribution in [0.25, 0.3) is 0 Å². The largest absolute Gasteiger partial charge is 0.338 e. The van der Waals surface area contributed by atoms with E-state index in [1.165, 1.54) is 6.07 Å². The minimum absolute atomic E-state index is 0.0219. The van der Waals surface area contributed by atoms with Crippen LogP contribution < -0.4 is 10.6 Å². The second-order valence-corrected chi connectivity index (χ2v) is 6.06. The summed E-state index contributed by atoms with van der Waals surface area (Å²) in [7, 11) is 0. The van der Waals surface area contributed by atoms with E-state index in [9.17, 15) is 13.6 Å². The standard InChI is InChI=1S/C16H23F2N3O/c1-11(2)21-7-3-4-12(10-21)9-19-16(22)20-15-6-5-13(17)8-14(15)18/h5-6,8,11-12H,3-4,7,9-10H2,1-2H3,(H2,19,20,22)/t12-/m1/s1. The van der Waals surface area contributed by atoms with Gasteiger partial charge in [0.15, 0.2) is 0 Å². The predicted octanol–water partition coefficient (Wildman–Crippen LogP) is 3.21. The summed E-state index contributed by atoms with van der Waals surface area (Å²) < 4.78 is 26.3. The number of nitrogens with one attached hydrogen (secondary N) is 2. The molecule has 1 aliphatic rings. The number of likely N-dealkylation sites (tertiary alicyclic amines) is 1. The molecule has 22 heavy (non-hydrogen) atoms. The van der Waals surface area contributed by atoms with Gasteiger partial charge in [-0.1, -0.05) is 0 Å². The van der Waals surface area contributed by atoms with Crippen LogP contribution in [0.3, 0.4) is 0 Å². The first-order valence-corrected chi connectivity index (χ1v) is 7.69. The van der Waals surface area contributed by atoms with E-state index in [1.807, 2.05) is 0 Å². The molecule has 0 aliphatic carbocycles.